The molecule has 2 saturated carbocycles. The first kappa shape index (κ1) is 25.9. The van der Waals surface area contributed by atoms with Crippen LogP contribution in [0.2, 0.25) is 0 Å². The van der Waals surface area contributed by atoms with Gasteiger partial charge in [-0.15, -0.1) is 0 Å². The summed E-state index contributed by atoms with van der Waals surface area (Å²) < 4.78 is 13.6. The number of nitrogens with zero attached hydrogens (tertiary/aromatic N) is 3. The SMILES string of the molecule is CC(C)(O)O.Nc1ncnn2c(C3CCC(COC(=O)CC4CCC5(CCCC5)CC4)O3)ccc12. The van der Waals surface area contributed by atoms with Crippen molar-refractivity contribution in [3.63, 3.8) is 0 Å². The van der Waals surface area contributed by atoms with E-state index >= 15 is 0 Å². The molecule has 1 spiro atoms. The van der Waals surface area contributed by atoms with Crippen LogP contribution in [0.15, 0.2) is 18.5 Å². The van der Waals surface area contributed by atoms with E-state index < -0.39 is 5.79 Å². The van der Waals surface area contributed by atoms with Crippen LogP contribution in [0.1, 0.15) is 96.3 Å². The molecule has 0 bridgehead atoms. The fraction of sp³-hybridized carbons (Fsp3) is 0.731. The van der Waals surface area contributed by atoms with Crippen molar-refractivity contribution in [2.75, 3.05) is 12.3 Å². The van der Waals surface area contributed by atoms with E-state index in [4.69, 9.17) is 25.4 Å². The summed E-state index contributed by atoms with van der Waals surface area (Å²) in [6.07, 6.45) is 14.2. The number of hydrogen-bond donors (Lipinski definition) is 3. The molecule has 3 fully saturated rings. The number of nitrogens with two attached hydrogens (primary N) is 1. The molecular formula is C26H40N4O5. The van der Waals surface area contributed by atoms with E-state index in [9.17, 15) is 4.79 Å². The number of carbonyl (C=O) groups is 1. The van der Waals surface area contributed by atoms with E-state index in [0.717, 1.165) is 24.1 Å². The second-order valence-corrected chi connectivity index (χ2v) is 11.1. The Bertz CT molecular complexity index is 979. The van der Waals surface area contributed by atoms with Gasteiger partial charge < -0.3 is 25.4 Å². The first-order valence-corrected chi connectivity index (χ1v) is 13.0. The molecule has 194 valence electrons. The summed E-state index contributed by atoms with van der Waals surface area (Å²) in [5.41, 5.74) is 8.29. The average molecular weight is 489 g/mol. The number of anilines is 1. The highest BCUT2D eigenvalue weighted by molar-refractivity contribution is 5.69. The molecule has 2 aliphatic carbocycles. The van der Waals surface area contributed by atoms with E-state index in [1.807, 2.05) is 12.1 Å². The zero-order chi connectivity index (χ0) is 25.1. The number of aromatic nitrogens is 3. The van der Waals surface area contributed by atoms with Crippen LogP contribution in [0.5, 0.6) is 0 Å². The van der Waals surface area contributed by atoms with Gasteiger partial charge in [-0.25, -0.2) is 9.50 Å². The molecule has 2 aromatic heterocycles. The zero-order valence-corrected chi connectivity index (χ0v) is 21.0. The van der Waals surface area contributed by atoms with Gasteiger partial charge in [0.15, 0.2) is 11.6 Å². The van der Waals surface area contributed by atoms with Gasteiger partial charge in [-0.05, 0) is 88.7 Å². The van der Waals surface area contributed by atoms with Crippen LogP contribution >= 0.6 is 0 Å². The highest BCUT2D eigenvalue weighted by Crippen LogP contribution is 2.50. The molecule has 9 nitrogen and oxygen atoms in total. The lowest BCUT2D eigenvalue weighted by Crippen LogP contribution is -2.27. The quantitative estimate of drug-likeness (QED) is 0.426. The second kappa shape index (κ2) is 10.8. The number of nitrogen functional groups attached to an aromatic ring is 1. The Morgan fingerprint density at radius 2 is 1.86 bits per heavy atom. The van der Waals surface area contributed by atoms with Gasteiger partial charge in [0.25, 0.3) is 0 Å². The minimum Gasteiger partial charge on any atom is -0.463 e. The Morgan fingerprint density at radius 1 is 1.17 bits per heavy atom. The maximum absolute atomic E-state index is 12.4. The Morgan fingerprint density at radius 3 is 2.54 bits per heavy atom. The lowest BCUT2D eigenvalue weighted by molar-refractivity contribution is -0.149. The molecule has 9 heteroatoms. The summed E-state index contributed by atoms with van der Waals surface area (Å²) in [6, 6.07) is 3.90. The van der Waals surface area contributed by atoms with Gasteiger partial charge in [-0.1, -0.05) is 12.8 Å². The molecule has 4 N–H and O–H groups in total. The van der Waals surface area contributed by atoms with Crippen LogP contribution in [0.3, 0.4) is 0 Å². The third-order valence-corrected chi connectivity index (χ3v) is 7.66. The maximum Gasteiger partial charge on any atom is 0.306 e. The number of rotatable bonds is 5. The molecule has 3 aliphatic rings. The predicted molar refractivity (Wildman–Crippen MR) is 131 cm³/mol. The van der Waals surface area contributed by atoms with E-state index in [2.05, 4.69) is 10.1 Å². The fourth-order valence-electron chi connectivity index (χ4n) is 5.86. The van der Waals surface area contributed by atoms with Crippen molar-refractivity contribution in [1.82, 2.24) is 14.6 Å². The minimum atomic E-state index is -1.50. The lowest BCUT2D eigenvalue weighted by atomic mass is 9.69. The molecule has 1 saturated heterocycles. The van der Waals surface area contributed by atoms with Crippen molar-refractivity contribution in [1.29, 1.82) is 0 Å². The highest BCUT2D eigenvalue weighted by Gasteiger charge is 2.38. The number of hydrogen-bond acceptors (Lipinski definition) is 8. The molecule has 2 aromatic rings. The molecule has 0 radical (unpaired) electrons. The van der Waals surface area contributed by atoms with Crippen LogP contribution < -0.4 is 5.73 Å². The van der Waals surface area contributed by atoms with Gasteiger partial charge in [0.2, 0.25) is 0 Å². The van der Waals surface area contributed by atoms with Gasteiger partial charge in [-0.3, -0.25) is 4.79 Å². The fourth-order valence-corrected chi connectivity index (χ4v) is 5.86. The van der Waals surface area contributed by atoms with Crippen molar-refractivity contribution in [2.24, 2.45) is 11.3 Å². The van der Waals surface area contributed by atoms with Crippen LogP contribution in [0.4, 0.5) is 5.82 Å². The van der Waals surface area contributed by atoms with Crippen LogP contribution in [0, 0.1) is 11.3 Å². The molecule has 5 rings (SSSR count). The monoisotopic (exact) mass is 488 g/mol. The smallest absolute Gasteiger partial charge is 0.306 e. The van der Waals surface area contributed by atoms with Crippen LogP contribution in [-0.2, 0) is 14.3 Å². The topological polar surface area (TPSA) is 132 Å². The normalized spacial score (nSPS) is 24.5. The number of fused-ring (bicyclic) bond motifs is 1. The number of ether oxygens (including phenoxy) is 2. The zero-order valence-electron chi connectivity index (χ0n) is 21.0. The molecule has 35 heavy (non-hydrogen) atoms. The second-order valence-electron chi connectivity index (χ2n) is 11.1. The molecular weight excluding hydrogens is 448 g/mol. The Labute approximate surface area is 207 Å². The van der Waals surface area contributed by atoms with Crippen molar-refractivity contribution in [3.8, 4) is 0 Å². The van der Waals surface area contributed by atoms with Crippen molar-refractivity contribution < 1.29 is 24.5 Å². The van der Waals surface area contributed by atoms with E-state index in [1.165, 1.54) is 71.5 Å². The average Bonchev–Trinajstić information content (AvgIpc) is 3.53. The molecule has 2 atom stereocenters. The van der Waals surface area contributed by atoms with Gasteiger partial charge in [0.05, 0.1) is 11.8 Å². The van der Waals surface area contributed by atoms with Gasteiger partial charge in [0, 0.05) is 6.42 Å². The van der Waals surface area contributed by atoms with Gasteiger partial charge in [0.1, 0.15) is 24.6 Å². The standard InChI is InChI=1S/C23H32N4O3.C3H8O2/c24-22-19-5-4-18(27(19)26-15-25-22)20-6-3-17(30-20)14-29-21(28)13-16-7-11-23(12-8-16)9-1-2-10-23;1-3(2,4)5/h4-5,15-17,20H,1-3,6-14H2,(H2,24,25,26);4-5H,1-2H3. The summed E-state index contributed by atoms with van der Waals surface area (Å²) >= 11 is 0. The molecule has 0 aromatic carbocycles. The summed E-state index contributed by atoms with van der Waals surface area (Å²) in [5.74, 6) is -0.609. The Kier molecular flexibility index (Phi) is 7.98. The number of esters is 1. The minimum absolute atomic E-state index is 0.0585. The summed E-state index contributed by atoms with van der Waals surface area (Å²) in [7, 11) is 0. The first-order valence-electron chi connectivity index (χ1n) is 13.0. The van der Waals surface area contributed by atoms with Crippen molar-refractivity contribution in [2.45, 2.75) is 102 Å². The van der Waals surface area contributed by atoms with Crippen LogP contribution in [-0.4, -0.2) is 49.3 Å². The Balaban J connectivity index is 0.000000527. The third-order valence-electron chi connectivity index (χ3n) is 7.66. The van der Waals surface area contributed by atoms with Crippen LogP contribution in [0.25, 0.3) is 5.52 Å². The van der Waals surface area contributed by atoms with Crippen molar-refractivity contribution in [3.05, 3.63) is 24.2 Å². The lowest BCUT2D eigenvalue weighted by Gasteiger charge is -2.37. The predicted octanol–water partition coefficient (Wildman–Crippen LogP) is 3.92. The maximum atomic E-state index is 12.4. The molecule has 0 amide bonds. The van der Waals surface area contributed by atoms with Crippen molar-refractivity contribution >= 4 is 17.3 Å². The summed E-state index contributed by atoms with van der Waals surface area (Å²) in [4.78, 5) is 16.4. The van der Waals surface area contributed by atoms with E-state index in [0.29, 0.717) is 30.2 Å². The summed E-state index contributed by atoms with van der Waals surface area (Å²) in [6.45, 7) is 2.94. The van der Waals surface area contributed by atoms with Gasteiger partial charge in [-0.2, -0.15) is 5.10 Å². The molecule has 1 aliphatic heterocycles. The first-order chi connectivity index (χ1) is 16.6. The molecule has 2 unspecified atom stereocenters. The van der Waals surface area contributed by atoms with E-state index in [1.54, 1.807) is 4.52 Å². The largest absolute Gasteiger partial charge is 0.463 e. The highest BCUT2D eigenvalue weighted by atomic mass is 16.6. The number of aliphatic hydroxyl groups is 2. The third kappa shape index (κ3) is 6.92. The van der Waals surface area contributed by atoms with E-state index in [-0.39, 0.29) is 18.2 Å². The summed E-state index contributed by atoms with van der Waals surface area (Å²) in [5, 5.41) is 20.5. The van der Waals surface area contributed by atoms with Gasteiger partial charge >= 0.3 is 5.97 Å². The number of carbonyl (C=O) groups excluding carboxylic acids is 1. The Hall–Kier alpha value is -2.23. The molecule has 3 heterocycles.